The summed E-state index contributed by atoms with van der Waals surface area (Å²) in [7, 11) is 0. The maximum Gasteiger partial charge on any atom is 0.144 e. The smallest absolute Gasteiger partial charge is 0.144 e. The molecular formula is C7H4O. The van der Waals surface area contributed by atoms with E-state index in [1.165, 1.54) is 0 Å². The Labute approximate surface area is 49.0 Å². The average molecular weight is 104 g/mol. The van der Waals surface area contributed by atoms with Crippen LogP contribution in [0.4, 0.5) is 0 Å². The zero-order valence-electron chi connectivity index (χ0n) is 4.49. The standard InChI is InChI=1S/C7H4O/c1-3-5-6-7-8-4-2/h2H,1H3. The summed E-state index contributed by atoms with van der Waals surface area (Å²) in [6.07, 6.45) is 8.75. The molecule has 0 saturated heterocycles. The van der Waals surface area contributed by atoms with Crippen molar-refractivity contribution in [3.63, 3.8) is 0 Å². The van der Waals surface area contributed by atoms with Gasteiger partial charge < -0.3 is 4.74 Å². The molecule has 0 atom stereocenters. The molecule has 8 heavy (non-hydrogen) atoms. The second kappa shape index (κ2) is 5.48. The van der Waals surface area contributed by atoms with Gasteiger partial charge in [-0.15, -0.1) is 0 Å². The molecular weight excluding hydrogens is 100 g/mol. The molecule has 1 heteroatoms. The summed E-state index contributed by atoms with van der Waals surface area (Å²) in [5, 5.41) is 0. The van der Waals surface area contributed by atoms with E-state index >= 15 is 0 Å². The van der Waals surface area contributed by atoms with Gasteiger partial charge in [-0.2, -0.15) is 0 Å². The summed E-state index contributed by atoms with van der Waals surface area (Å²) in [5.74, 6) is 7.37. The van der Waals surface area contributed by atoms with Gasteiger partial charge >= 0.3 is 0 Å². The fourth-order valence-electron chi connectivity index (χ4n) is 0.143. The first kappa shape index (κ1) is 6.48. The van der Waals surface area contributed by atoms with E-state index in [4.69, 9.17) is 0 Å². The predicted octanol–water partition coefficient (Wildman–Crippen LogP) is 0.578. The van der Waals surface area contributed by atoms with Crippen molar-refractivity contribution in [2.24, 2.45) is 0 Å². The molecule has 38 valence electrons. The lowest BCUT2D eigenvalue weighted by Gasteiger charge is -1.67. The molecule has 0 fully saturated rings. The van der Waals surface area contributed by atoms with Gasteiger partial charge in [-0.25, -0.2) is 0 Å². The largest absolute Gasteiger partial charge is 0.356 e. The minimum Gasteiger partial charge on any atom is -0.356 e. The number of ether oxygens (including phenoxy) is 1. The average Bonchev–Trinajstić information content (AvgIpc) is 1.81. The van der Waals surface area contributed by atoms with Crippen molar-refractivity contribution in [2.45, 2.75) is 6.92 Å². The van der Waals surface area contributed by atoms with Crippen LogP contribution in [0.2, 0.25) is 0 Å². The third kappa shape index (κ3) is 4.48. The number of rotatable bonds is 0. The fourth-order valence-corrected chi connectivity index (χ4v) is 0.143. The minimum atomic E-state index is 1.69. The van der Waals surface area contributed by atoms with E-state index in [1.54, 1.807) is 6.92 Å². The summed E-state index contributed by atoms with van der Waals surface area (Å²) in [6, 6.07) is 0. The van der Waals surface area contributed by atoms with Crippen molar-refractivity contribution >= 4 is 0 Å². The molecule has 0 aromatic heterocycles. The Kier molecular flexibility index (Phi) is 4.44. The van der Waals surface area contributed by atoms with Crippen LogP contribution >= 0.6 is 0 Å². The first-order valence-corrected chi connectivity index (χ1v) is 1.95. The molecule has 0 heterocycles. The minimum absolute atomic E-state index is 1.69. The first-order valence-electron chi connectivity index (χ1n) is 1.95. The summed E-state index contributed by atoms with van der Waals surface area (Å²) in [4.78, 5) is 0. The molecule has 0 aliphatic heterocycles. The van der Waals surface area contributed by atoms with Crippen molar-refractivity contribution in [2.75, 3.05) is 0 Å². The fraction of sp³-hybridized carbons (Fsp3) is 0.143. The van der Waals surface area contributed by atoms with E-state index < -0.39 is 0 Å². The van der Waals surface area contributed by atoms with Gasteiger partial charge in [-0.05, 0) is 12.8 Å². The number of terminal acetylenes is 1. The molecule has 0 rings (SSSR count). The predicted molar refractivity (Wildman–Crippen MR) is 31.1 cm³/mol. The van der Waals surface area contributed by atoms with Crippen LogP contribution in [0.25, 0.3) is 0 Å². The number of hydrogen-bond acceptors (Lipinski definition) is 1. The SMILES string of the molecule is C#COC#CC#CC. The molecule has 0 radical (unpaired) electrons. The Morgan fingerprint density at radius 3 is 2.62 bits per heavy atom. The van der Waals surface area contributed by atoms with Crippen molar-refractivity contribution in [3.8, 4) is 36.4 Å². The van der Waals surface area contributed by atoms with Gasteiger partial charge in [0.05, 0.1) is 0 Å². The molecule has 0 amide bonds. The topological polar surface area (TPSA) is 9.23 Å². The maximum atomic E-state index is 4.69. The summed E-state index contributed by atoms with van der Waals surface area (Å²) in [5.41, 5.74) is 0. The molecule has 0 aliphatic carbocycles. The molecule has 1 nitrogen and oxygen atoms in total. The third-order valence-corrected chi connectivity index (χ3v) is 0.348. The first-order chi connectivity index (χ1) is 3.91. The van der Waals surface area contributed by atoms with E-state index in [2.05, 4.69) is 35.0 Å². The summed E-state index contributed by atoms with van der Waals surface area (Å²) < 4.78 is 4.20. The van der Waals surface area contributed by atoms with Gasteiger partial charge in [0.25, 0.3) is 0 Å². The normalized spacial score (nSPS) is 4.00. The molecule has 0 spiro atoms. The van der Waals surface area contributed by atoms with Crippen molar-refractivity contribution in [1.82, 2.24) is 0 Å². The van der Waals surface area contributed by atoms with Gasteiger partial charge in [0.15, 0.2) is 0 Å². The maximum absolute atomic E-state index is 4.69. The van der Waals surface area contributed by atoms with Crippen LogP contribution in [0.5, 0.6) is 0 Å². The lowest BCUT2D eigenvalue weighted by molar-refractivity contribution is 0.480. The molecule has 0 aromatic carbocycles. The Hall–Kier alpha value is -1.52. The molecule has 0 saturated carbocycles. The lowest BCUT2D eigenvalue weighted by atomic mass is 10.6. The monoisotopic (exact) mass is 104 g/mol. The highest BCUT2D eigenvalue weighted by Gasteiger charge is 1.55. The molecule has 0 N–H and O–H groups in total. The Balaban J connectivity index is 3.50. The lowest BCUT2D eigenvalue weighted by Crippen LogP contribution is -1.61. The highest BCUT2D eigenvalue weighted by molar-refractivity contribution is 5.23. The van der Waals surface area contributed by atoms with Crippen molar-refractivity contribution in [1.29, 1.82) is 0 Å². The van der Waals surface area contributed by atoms with Gasteiger partial charge in [0, 0.05) is 5.92 Å². The van der Waals surface area contributed by atoms with E-state index in [9.17, 15) is 0 Å². The van der Waals surface area contributed by atoms with Gasteiger partial charge in [-0.1, -0.05) is 12.3 Å². The molecule has 0 unspecified atom stereocenters. The zero-order valence-corrected chi connectivity index (χ0v) is 4.49. The van der Waals surface area contributed by atoms with E-state index in [1.807, 2.05) is 6.11 Å². The Morgan fingerprint density at radius 1 is 1.38 bits per heavy atom. The summed E-state index contributed by atoms with van der Waals surface area (Å²) in [6.45, 7) is 1.69. The molecule has 0 bridgehead atoms. The quantitative estimate of drug-likeness (QED) is 0.408. The number of hydrogen-bond donors (Lipinski definition) is 0. The highest BCUT2D eigenvalue weighted by Crippen LogP contribution is 1.57. The van der Waals surface area contributed by atoms with Crippen LogP contribution < -0.4 is 0 Å². The van der Waals surface area contributed by atoms with Crippen LogP contribution in [-0.2, 0) is 4.74 Å². The second-order valence-electron chi connectivity index (χ2n) is 0.822. The van der Waals surface area contributed by atoms with Crippen LogP contribution in [-0.4, -0.2) is 0 Å². The zero-order chi connectivity index (χ0) is 6.24. The van der Waals surface area contributed by atoms with Gasteiger partial charge in [0.1, 0.15) is 12.2 Å². The van der Waals surface area contributed by atoms with Gasteiger partial charge in [-0.3, -0.25) is 0 Å². The van der Waals surface area contributed by atoms with E-state index in [-0.39, 0.29) is 0 Å². The van der Waals surface area contributed by atoms with E-state index in [0.717, 1.165) is 0 Å². The summed E-state index contributed by atoms with van der Waals surface area (Å²) >= 11 is 0. The van der Waals surface area contributed by atoms with Gasteiger partial charge in [0.2, 0.25) is 0 Å². The molecule has 0 aromatic rings. The van der Waals surface area contributed by atoms with Crippen LogP contribution in [0.15, 0.2) is 0 Å². The third-order valence-electron chi connectivity index (χ3n) is 0.348. The Morgan fingerprint density at radius 2 is 2.12 bits per heavy atom. The Bertz CT molecular complexity index is 199. The van der Waals surface area contributed by atoms with Crippen LogP contribution in [0.3, 0.4) is 0 Å². The van der Waals surface area contributed by atoms with Crippen LogP contribution in [0, 0.1) is 36.4 Å². The van der Waals surface area contributed by atoms with Crippen LogP contribution in [0.1, 0.15) is 6.92 Å². The molecule has 0 aliphatic rings. The van der Waals surface area contributed by atoms with Crippen molar-refractivity contribution in [3.05, 3.63) is 0 Å². The second-order valence-corrected chi connectivity index (χ2v) is 0.822. The highest BCUT2D eigenvalue weighted by atomic mass is 16.5. The van der Waals surface area contributed by atoms with Crippen molar-refractivity contribution < 1.29 is 4.74 Å². The van der Waals surface area contributed by atoms with E-state index in [0.29, 0.717) is 0 Å².